The highest BCUT2D eigenvalue weighted by molar-refractivity contribution is 5.92. The van der Waals surface area contributed by atoms with E-state index in [0.717, 1.165) is 25.1 Å². The van der Waals surface area contributed by atoms with E-state index in [1.807, 2.05) is 31.3 Å². The largest absolute Gasteiger partial charge is 0.368 e. The minimum absolute atomic E-state index is 0.0602. The highest BCUT2D eigenvalue weighted by Gasteiger charge is 2.24. The Morgan fingerprint density at radius 1 is 1.43 bits per heavy atom. The van der Waals surface area contributed by atoms with Gasteiger partial charge in [-0.1, -0.05) is 12.1 Å². The summed E-state index contributed by atoms with van der Waals surface area (Å²) in [5.74, 6) is -0.147. The molecule has 1 N–H and O–H groups in total. The van der Waals surface area contributed by atoms with Crippen LogP contribution in [0.1, 0.15) is 28.9 Å². The summed E-state index contributed by atoms with van der Waals surface area (Å²) in [6, 6.07) is 9.88. The number of imidazole rings is 1. The first-order chi connectivity index (χ1) is 11.2. The van der Waals surface area contributed by atoms with Crippen molar-refractivity contribution in [3.05, 3.63) is 48.0 Å². The summed E-state index contributed by atoms with van der Waals surface area (Å²) in [4.78, 5) is 18.5. The molecule has 1 fully saturated rings. The van der Waals surface area contributed by atoms with Crippen molar-refractivity contribution in [2.45, 2.75) is 18.9 Å². The Morgan fingerprint density at radius 2 is 2.26 bits per heavy atom. The molecule has 1 unspecified atom stereocenters. The number of amides is 1. The fourth-order valence-corrected chi connectivity index (χ4v) is 2.95. The van der Waals surface area contributed by atoms with Crippen molar-refractivity contribution in [1.82, 2.24) is 14.9 Å². The average molecular weight is 309 g/mol. The van der Waals surface area contributed by atoms with Gasteiger partial charge in [0.05, 0.1) is 17.6 Å². The number of nitrogens with one attached hydrogen (secondary N) is 1. The summed E-state index contributed by atoms with van der Waals surface area (Å²) in [5, 5.41) is 12.3. The molecule has 118 valence electrons. The second kappa shape index (κ2) is 6.53. The summed E-state index contributed by atoms with van der Waals surface area (Å²) in [6.45, 7) is 1.60. The summed E-state index contributed by atoms with van der Waals surface area (Å²) >= 11 is 0. The molecule has 0 spiro atoms. The van der Waals surface area contributed by atoms with E-state index < -0.39 is 0 Å². The molecule has 1 saturated heterocycles. The topological polar surface area (TPSA) is 74.0 Å². The second-order valence-electron chi connectivity index (χ2n) is 5.81. The van der Waals surface area contributed by atoms with Crippen molar-refractivity contribution < 1.29 is 4.79 Å². The lowest BCUT2D eigenvalue weighted by Crippen LogP contribution is -2.48. The first kappa shape index (κ1) is 15.1. The lowest BCUT2D eigenvalue weighted by molar-refractivity contribution is 0.0928. The number of rotatable bonds is 3. The Kier molecular flexibility index (Phi) is 4.29. The smallest absolute Gasteiger partial charge is 0.271 e. The predicted octanol–water partition coefficient (Wildman–Crippen LogP) is 1.69. The Labute approximate surface area is 135 Å². The number of nitriles is 1. The fourth-order valence-electron chi connectivity index (χ4n) is 2.95. The molecule has 2 aromatic rings. The number of para-hydroxylation sites is 1. The molecule has 1 amide bonds. The molecule has 1 aliphatic rings. The SMILES string of the molecule is Cn1cnc(C(=O)NC2CCCN(c3ccccc3C#N)C2)c1. The molecular weight excluding hydrogens is 290 g/mol. The Balaban J connectivity index is 1.69. The quantitative estimate of drug-likeness (QED) is 0.936. The number of anilines is 1. The Morgan fingerprint density at radius 3 is 3.00 bits per heavy atom. The molecule has 0 bridgehead atoms. The Hall–Kier alpha value is -2.81. The summed E-state index contributed by atoms with van der Waals surface area (Å²) in [7, 11) is 1.84. The van der Waals surface area contributed by atoms with Gasteiger partial charge in [-0.25, -0.2) is 4.98 Å². The summed E-state index contributed by atoms with van der Waals surface area (Å²) < 4.78 is 1.76. The van der Waals surface area contributed by atoms with Gasteiger partial charge in [0.25, 0.3) is 5.91 Å². The number of hydrogen-bond donors (Lipinski definition) is 1. The molecule has 0 aliphatic carbocycles. The van der Waals surface area contributed by atoms with E-state index in [4.69, 9.17) is 0 Å². The minimum Gasteiger partial charge on any atom is -0.368 e. The van der Waals surface area contributed by atoms with Crippen molar-refractivity contribution in [1.29, 1.82) is 5.26 Å². The molecule has 23 heavy (non-hydrogen) atoms. The molecule has 0 radical (unpaired) electrons. The molecule has 2 heterocycles. The number of carbonyl (C=O) groups excluding carboxylic acids is 1. The van der Waals surface area contributed by atoms with Crippen molar-refractivity contribution in [2.24, 2.45) is 7.05 Å². The lowest BCUT2D eigenvalue weighted by Gasteiger charge is -2.35. The van der Waals surface area contributed by atoms with Crippen LogP contribution >= 0.6 is 0 Å². The van der Waals surface area contributed by atoms with Gasteiger partial charge in [0.1, 0.15) is 11.8 Å². The zero-order chi connectivity index (χ0) is 16.2. The van der Waals surface area contributed by atoms with Crippen LogP contribution in [-0.2, 0) is 7.05 Å². The molecule has 3 rings (SSSR count). The number of hydrogen-bond acceptors (Lipinski definition) is 4. The van der Waals surface area contributed by atoms with Gasteiger partial charge in [0.2, 0.25) is 0 Å². The molecule has 0 saturated carbocycles. The fraction of sp³-hybridized carbons (Fsp3) is 0.353. The van der Waals surface area contributed by atoms with Crippen LogP contribution in [-0.4, -0.2) is 34.6 Å². The maximum Gasteiger partial charge on any atom is 0.271 e. The number of aryl methyl sites for hydroxylation is 1. The third-order valence-electron chi connectivity index (χ3n) is 4.06. The van der Waals surface area contributed by atoms with Crippen LogP contribution < -0.4 is 10.2 Å². The normalized spacial score (nSPS) is 17.6. The van der Waals surface area contributed by atoms with Crippen LogP contribution in [0.3, 0.4) is 0 Å². The minimum atomic E-state index is -0.147. The van der Waals surface area contributed by atoms with Gasteiger partial charge in [-0.3, -0.25) is 4.79 Å². The third-order valence-corrected chi connectivity index (χ3v) is 4.06. The van der Waals surface area contributed by atoms with Crippen molar-refractivity contribution in [2.75, 3.05) is 18.0 Å². The standard InChI is InChI=1S/C17H19N5O/c1-21-11-15(19-12-21)17(23)20-14-6-4-8-22(10-14)16-7-3-2-5-13(16)9-18/h2-3,5,7,11-12,14H,4,6,8,10H2,1H3,(H,20,23). The summed E-state index contributed by atoms with van der Waals surface area (Å²) in [5.41, 5.74) is 2.04. The van der Waals surface area contributed by atoms with Crippen LogP contribution in [0.2, 0.25) is 0 Å². The van der Waals surface area contributed by atoms with Gasteiger partial charge in [-0.05, 0) is 25.0 Å². The van der Waals surface area contributed by atoms with Crippen molar-refractivity contribution in [3.63, 3.8) is 0 Å². The van der Waals surface area contributed by atoms with E-state index in [9.17, 15) is 10.1 Å². The van der Waals surface area contributed by atoms with E-state index in [1.54, 1.807) is 17.1 Å². The zero-order valence-corrected chi connectivity index (χ0v) is 13.1. The van der Waals surface area contributed by atoms with Crippen LogP contribution in [0.15, 0.2) is 36.8 Å². The highest BCUT2D eigenvalue weighted by Crippen LogP contribution is 2.23. The van der Waals surface area contributed by atoms with Crippen molar-refractivity contribution >= 4 is 11.6 Å². The molecule has 6 nitrogen and oxygen atoms in total. The molecule has 1 aromatic carbocycles. The monoisotopic (exact) mass is 309 g/mol. The number of aromatic nitrogens is 2. The number of piperidine rings is 1. The van der Waals surface area contributed by atoms with Crippen LogP contribution in [0, 0.1) is 11.3 Å². The maximum absolute atomic E-state index is 12.2. The molecule has 1 atom stereocenters. The number of carbonyl (C=O) groups is 1. The predicted molar refractivity (Wildman–Crippen MR) is 87.1 cm³/mol. The van der Waals surface area contributed by atoms with E-state index in [2.05, 4.69) is 21.3 Å². The first-order valence-electron chi connectivity index (χ1n) is 7.70. The maximum atomic E-state index is 12.2. The number of benzene rings is 1. The van der Waals surface area contributed by atoms with Gasteiger partial charge in [-0.2, -0.15) is 5.26 Å². The van der Waals surface area contributed by atoms with E-state index >= 15 is 0 Å². The van der Waals surface area contributed by atoms with Gasteiger partial charge in [-0.15, -0.1) is 0 Å². The first-order valence-corrected chi connectivity index (χ1v) is 7.70. The second-order valence-corrected chi connectivity index (χ2v) is 5.81. The number of nitrogens with zero attached hydrogens (tertiary/aromatic N) is 4. The zero-order valence-electron chi connectivity index (χ0n) is 13.1. The van der Waals surface area contributed by atoms with Crippen LogP contribution in [0.25, 0.3) is 0 Å². The van der Waals surface area contributed by atoms with Crippen LogP contribution in [0.4, 0.5) is 5.69 Å². The molecular formula is C17H19N5O. The molecule has 6 heteroatoms. The molecule has 1 aromatic heterocycles. The molecule has 1 aliphatic heterocycles. The van der Waals surface area contributed by atoms with Gasteiger partial charge >= 0.3 is 0 Å². The van der Waals surface area contributed by atoms with E-state index in [1.165, 1.54) is 0 Å². The third kappa shape index (κ3) is 3.34. The van der Waals surface area contributed by atoms with E-state index in [0.29, 0.717) is 17.8 Å². The highest BCUT2D eigenvalue weighted by atomic mass is 16.2. The summed E-state index contributed by atoms with van der Waals surface area (Å²) in [6.07, 6.45) is 5.24. The average Bonchev–Trinajstić information content (AvgIpc) is 3.02. The van der Waals surface area contributed by atoms with Crippen LogP contribution in [0.5, 0.6) is 0 Å². The van der Waals surface area contributed by atoms with E-state index in [-0.39, 0.29) is 11.9 Å². The van der Waals surface area contributed by atoms with Gasteiger partial charge in [0.15, 0.2) is 0 Å². The lowest BCUT2D eigenvalue weighted by atomic mass is 10.0. The Bertz CT molecular complexity index is 745. The van der Waals surface area contributed by atoms with Crippen molar-refractivity contribution in [3.8, 4) is 6.07 Å². The van der Waals surface area contributed by atoms with Gasteiger partial charge < -0.3 is 14.8 Å². The van der Waals surface area contributed by atoms with Gasteiger partial charge in [0, 0.05) is 32.4 Å².